The lowest BCUT2D eigenvalue weighted by atomic mass is 9.88. The molecule has 0 atom stereocenters. The van der Waals surface area contributed by atoms with Crippen LogP contribution < -0.4 is 0 Å². The summed E-state index contributed by atoms with van der Waals surface area (Å²) in [5.41, 5.74) is 13.1. The number of fused-ring (bicyclic) bond motifs is 8. The molecule has 0 spiro atoms. The number of rotatable bonds is 2. The van der Waals surface area contributed by atoms with Crippen molar-refractivity contribution < 1.29 is 20.4 Å². The summed E-state index contributed by atoms with van der Waals surface area (Å²) in [6, 6.07) is 23.0. The van der Waals surface area contributed by atoms with Crippen molar-refractivity contribution in [3.8, 4) is 23.0 Å². The Morgan fingerprint density at radius 2 is 0.979 bits per heavy atom. The van der Waals surface area contributed by atoms with Gasteiger partial charge in [0.1, 0.15) is 23.0 Å². The first kappa shape index (κ1) is 30.2. The van der Waals surface area contributed by atoms with Gasteiger partial charge in [0, 0.05) is 42.7 Å². The topological polar surface area (TPSA) is 109 Å². The minimum atomic E-state index is 0.125. The van der Waals surface area contributed by atoms with Crippen molar-refractivity contribution in [1.82, 2.24) is 4.98 Å². The summed E-state index contributed by atoms with van der Waals surface area (Å²) in [4.78, 5) is 8.51. The van der Waals surface area contributed by atoms with Crippen LogP contribution in [-0.4, -0.2) is 31.1 Å². The molecular formula is C41H38N2O4. The molecule has 0 radical (unpaired) electrons. The van der Waals surface area contributed by atoms with E-state index < -0.39 is 0 Å². The average Bonchev–Trinajstić information content (AvgIpc) is 3.54. The van der Waals surface area contributed by atoms with E-state index in [-0.39, 0.29) is 35.8 Å². The quantitative estimate of drug-likeness (QED) is 0.134. The largest absolute Gasteiger partial charge is 0.507 e. The Bertz CT molecular complexity index is 2080. The van der Waals surface area contributed by atoms with E-state index in [1.807, 2.05) is 80.6 Å². The Hall–Kier alpha value is -5.49. The Balaban J connectivity index is 1.49. The average molecular weight is 623 g/mol. The fourth-order valence-electron chi connectivity index (χ4n) is 7.10. The van der Waals surface area contributed by atoms with Crippen LogP contribution >= 0.6 is 0 Å². The fraction of sp³-hybridized carbons (Fsp3) is 0.195. The van der Waals surface area contributed by atoms with E-state index in [9.17, 15) is 20.4 Å². The van der Waals surface area contributed by atoms with Crippen molar-refractivity contribution in [2.45, 2.75) is 53.4 Å². The van der Waals surface area contributed by atoms with Gasteiger partial charge in [-0.2, -0.15) is 0 Å². The third-order valence-electron chi connectivity index (χ3n) is 9.41. The van der Waals surface area contributed by atoms with Crippen LogP contribution in [0.3, 0.4) is 0 Å². The monoisotopic (exact) mass is 622 g/mol. The van der Waals surface area contributed by atoms with Crippen LogP contribution in [0.2, 0.25) is 0 Å². The van der Waals surface area contributed by atoms with Crippen LogP contribution in [0.4, 0.5) is 0 Å². The van der Waals surface area contributed by atoms with Gasteiger partial charge in [-0.3, -0.25) is 4.99 Å². The number of phenolic OH excluding ortho intramolecular Hbond substituents is 4. The van der Waals surface area contributed by atoms with Crippen LogP contribution in [0.25, 0.3) is 5.57 Å². The molecule has 5 aromatic rings. The molecule has 0 saturated heterocycles. The van der Waals surface area contributed by atoms with Crippen molar-refractivity contribution in [3.05, 3.63) is 157 Å². The molecule has 1 aliphatic heterocycles. The van der Waals surface area contributed by atoms with Crippen molar-refractivity contribution in [3.63, 3.8) is 0 Å². The van der Waals surface area contributed by atoms with Crippen LogP contribution in [0.5, 0.6) is 23.0 Å². The molecule has 2 heterocycles. The first-order chi connectivity index (χ1) is 22.6. The number of hydrogen-bond donors (Lipinski definition) is 5. The van der Waals surface area contributed by atoms with Gasteiger partial charge in [0.15, 0.2) is 0 Å². The number of aryl methyl sites for hydroxylation is 2. The molecule has 5 N–H and O–H groups in total. The lowest BCUT2D eigenvalue weighted by Crippen LogP contribution is -2.03. The molecule has 8 bridgehead atoms. The van der Waals surface area contributed by atoms with Gasteiger partial charge in [-0.25, -0.2) is 0 Å². The first-order valence-corrected chi connectivity index (χ1v) is 16.0. The number of aliphatic imine (C=N–C) groups is 1. The maximum Gasteiger partial charge on any atom is 0.122 e. The van der Waals surface area contributed by atoms with E-state index in [4.69, 9.17) is 4.99 Å². The van der Waals surface area contributed by atoms with Gasteiger partial charge in [0.2, 0.25) is 0 Å². The molecule has 7 rings (SSSR count). The van der Waals surface area contributed by atoms with Gasteiger partial charge in [-0.1, -0.05) is 54.6 Å². The van der Waals surface area contributed by atoms with Gasteiger partial charge >= 0.3 is 0 Å². The molecule has 4 aromatic carbocycles. The minimum absolute atomic E-state index is 0.125. The van der Waals surface area contributed by atoms with Gasteiger partial charge < -0.3 is 25.4 Å². The van der Waals surface area contributed by atoms with Crippen LogP contribution in [-0.2, 0) is 25.7 Å². The maximum absolute atomic E-state index is 11.9. The summed E-state index contributed by atoms with van der Waals surface area (Å²) >= 11 is 0. The number of aromatic nitrogens is 1. The van der Waals surface area contributed by atoms with E-state index in [0.717, 1.165) is 45.1 Å². The summed E-state index contributed by atoms with van der Waals surface area (Å²) in [5, 5.41) is 46.2. The number of nitrogens with zero attached hydrogens (tertiary/aromatic N) is 1. The first-order valence-electron chi connectivity index (χ1n) is 16.0. The maximum atomic E-state index is 11.9. The van der Waals surface area contributed by atoms with Gasteiger partial charge in [0.25, 0.3) is 0 Å². The molecule has 1 aliphatic carbocycles. The number of aromatic hydroxyl groups is 4. The molecule has 6 heteroatoms. The number of hydrogen-bond acceptors (Lipinski definition) is 5. The molecule has 6 nitrogen and oxygen atoms in total. The number of benzene rings is 4. The zero-order valence-electron chi connectivity index (χ0n) is 27.1. The Kier molecular flexibility index (Phi) is 7.51. The van der Waals surface area contributed by atoms with Crippen molar-refractivity contribution >= 4 is 11.3 Å². The smallest absolute Gasteiger partial charge is 0.122 e. The summed E-state index contributed by atoms with van der Waals surface area (Å²) < 4.78 is 0. The highest BCUT2D eigenvalue weighted by Crippen LogP contribution is 2.41. The number of para-hydroxylation sites is 3. The highest BCUT2D eigenvalue weighted by molar-refractivity contribution is 6.01. The van der Waals surface area contributed by atoms with E-state index in [1.165, 1.54) is 0 Å². The Morgan fingerprint density at radius 3 is 1.34 bits per heavy atom. The number of aromatic amines is 1. The fourth-order valence-corrected chi connectivity index (χ4v) is 7.10. The third-order valence-corrected chi connectivity index (χ3v) is 9.41. The van der Waals surface area contributed by atoms with Gasteiger partial charge in [-0.05, 0) is 113 Å². The van der Waals surface area contributed by atoms with Gasteiger partial charge in [0.05, 0.1) is 11.4 Å². The number of allylic oxidation sites excluding steroid dienone is 2. The molecule has 0 amide bonds. The van der Waals surface area contributed by atoms with Crippen LogP contribution in [0.15, 0.2) is 95.1 Å². The normalized spacial score (nSPS) is 15.3. The third kappa shape index (κ3) is 5.50. The van der Waals surface area contributed by atoms with Crippen molar-refractivity contribution in [2.75, 3.05) is 0 Å². The molecular weight excluding hydrogens is 584 g/mol. The lowest BCUT2D eigenvalue weighted by Gasteiger charge is -2.19. The Labute approximate surface area is 274 Å². The highest BCUT2D eigenvalue weighted by atomic mass is 16.3. The molecule has 0 fully saturated rings. The van der Waals surface area contributed by atoms with Crippen LogP contribution in [0.1, 0.15) is 80.9 Å². The minimum Gasteiger partial charge on any atom is -0.507 e. The summed E-state index contributed by atoms with van der Waals surface area (Å²) in [5.74, 6) is 0.567. The number of H-pyrrole nitrogens is 1. The molecule has 2 aliphatic rings. The van der Waals surface area contributed by atoms with E-state index in [2.05, 4.69) is 31.0 Å². The molecule has 0 unspecified atom stereocenters. The van der Waals surface area contributed by atoms with Crippen molar-refractivity contribution in [2.24, 2.45) is 4.99 Å². The zero-order chi connectivity index (χ0) is 33.0. The van der Waals surface area contributed by atoms with E-state index in [1.54, 1.807) is 0 Å². The Morgan fingerprint density at radius 1 is 0.574 bits per heavy atom. The standard InChI is InChI=1S/C41H38N2O4/c1-22-14-24(3)42-36(22)35(37-23(2)15-25(4)43-37)32-20-33-18-30-12-6-10-28(39(30)45)16-26-8-5-9-27(38(26)44)17-29-11-7-13-31(40(29)46)19-34(21-32)41(33)47/h5-15,20-21,42,44-47H,16-19H2,1-4H3/b37-35-. The summed E-state index contributed by atoms with van der Waals surface area (Å²) in [6.45, 7) is 8.17. The number of phenols is 4. The summed E-state index contributed by atoms with van der Waals surface area (Å²) in [6.07, 6.45) is 3.27. The second-order valence-corrected chi connectivity index (χ2v) is 12.9. The second-order valence-electron chi connectivity index (χ2n) is 12.9. The van der Waals surface area contributed by atoms with E-state index in [0.29, 0.717) is 57.3 Å². The van der Waals surface area contributed by atoms with Crippen molar-refractivity contribution in [1.29, 1.82) is 0 Å². The predicted molar refractivity (Wildman–Crippen MR) is 187 cm³/mol. The zero-order valence-corrected chi connectivity index (χ0v) is 27.1. The molecule has 236 valence electrons. The molecule has 0 saturated carbocycles. The second kappa shape index (κ2) is 11.7. The van der Waals surface area contributed by atoms with Gasteiger partial charge in [-0.15, -0.1) is 0 Å². The van der Waals surface area contributed by atoms with Crippen LogP contribution in [0, 0.1) is 13.8 Å². The SMILES string of the molecule is CC1=CC(C)=N/C1=C(/c1cc2c(O)c(c1)Cc1cccc(c1O)Cc1cccc(c1O)Cc1cccc(c1O)C2)c1[nH]c(C)cc1C. The summed E-state index contributed by atoms with van der Waals surface area (Å²) in [7, 11) is 0. The molecule has 47 heavy (non-hydrogen) atoms. The van der Waals surface area contributed by atoms with E-state index >= 15 is 0 Å². The predicted octanol–water partition coefficient (Wildman–Crippen LogP) is 8.31. The number of nitrogens with one attached hydrogen (secondary N) is 1. The highest BCUT2D eigenvalue weighted by Gasteiger charge is 2.24. The lowest BCUT2D eigenvalue weighted by molar-refractivity contribution is 0.450. The molecule has 1 aromatic heterocycles.